The van der Waals surface area contributed by atoms with Crippen LogP contribution in [0.4, 0.5) is 0 Å². The summed E-state index contributed by atoms with van der Waals surface area (Å²) in [5.41, 5.74) is 1.05. The number of benzene rings is 1. The first-order valence-corrected chi connectivity index (χ1v) is 7.55. The topological polar surface area (TPSA) is 29.1 Å². The van der Waals surface area contributed by atoms with Crippen molar-refractivity contribution >= 4 is 17.5 Å². The van der Waals surface area contributed by atoms with Gasteiger partial charge in [-0.05, 0) is 36.8 Å². The lowest BCUT2D eigenvalue weighted by atomic mass is 9.87. The van der Waals surface area contributed by atoms with Gasteiger partial charge in [-0.15, -0.1) is 0 Å². The summed E-state index contributed by atoms with van der Waals surface area (Å²) in [6.45, 7) is 2.27. The zero-order valence-corrected chi connectivity index (χ0v) is 12.2. The molecule has 3 heteroatoms. The van der Waals surface area contributed by atoms with Crippen molar-refractivity contribution < 1.29 is 4.79 Å². The maximum Gasteiger partial charge on any atom is 0.220 e. The minimum Gasteiger partial charge on any atom is -0.353 e. The highest BCUT2D eigenvalue weighted by Gasteiger charge is 2.20. The number of rotatable bonds is 4. The molecule has 1 aliphatic carbocycles. The molecule has 2 rings (SSSR count). The van der Waals surface area contributed by atoms with Crippen LogP contribution in [0.1, 0.15) is 44.6 Å². The molecular weight excluding hydrogens is 258 g/mol. The number of amides is 1. The van der Waals surface area contributed by atoms with E-state index in [9.17, 15) is 4.79 Å². The highest BCUT2D eigenvalue weighted by atomic mass is 35.5. The van der Waals surface area contributed by atoms with E-state index < -0.39 is 0 Å². The molecule has 104 valence electrons. The first-order valence-electron chi connectivity index (χ1n) is 7.18. The molecular formula is C16H22ClNO. The summed E-state index contributed by atoms with van der Waals surface area (Å²) in [5.74, 6) is 0.890. The highest BCUT2D eigenvalue weighted by molar-refractivity contribution is 6.31. The molecule has 0 aliphatic heterocycles. The van der Waals surface area contributed by atoms with Crippen LogP contribution in [0.2, 0.25) is 5.02 Å². The molecule has 0 radical (unpaired) electrons. The van der Waals surface area contributed by atoms with Gasteiger partial charge in [0.05, 0.1) is 0 Å². The minimum absolute atomic E-state index is 0.152. The zero-order chi connectivity index (χ0) is 13.7. The number of hydrogen-bond donors (Lipinski definition) is 1. The number of aryl methyl sites for hydroxylation is 1. The van der Waals surface area contributed by atoms with Gasteiger partial charge in [0, 0.05) is 17.5 Å². The van der Waals surface area contributed by atoms with E-state index in [4.69, 9.17) is 11.6 Å². The second kappa shape index (κ2) is 6.95. The Bertz CT molecular complexity index is 433. The second-order valence-corrected chi connectivity index (χ2v) is 6.03. The highest BCUT2D eigenvalue weighted by Crippen LogP contribution is 2.23. The predicted molar refractivity (Wildman–Crippen MR) is 79.3 cm³/mol. The molecule has 1 fully saturated rings. The summed E-state index contributed by atoms with van der Waals surface area (Å²) < 4.78 is 0. The Labute approximate surface area is 120 Å². The molecule has 1 aromatic carbocycles. The van der Waals surface area contributed by atoms with Crippen LogP contribution in [0, 0.1) is 5.92 Å². The molecule has 0 bridgehead atoms. The van der Waals surface area contributed by atoms with Gasteiger partial charge in [0.2, 0.25) is 5.91 Å². The van der Waals surface area contributed by atoms with Crippen LogP contribution in [-0.4, -0.2) is 11.9 Å². The van der Waals surface area contributed by atoms with Crippen molar-refractivity contribution in [1.82, 2.24) is 5.32 Å². The number of carbonyl (C=O) groups is 1. The fraction of sp³-hybridized carbons (Fsp3) is 0.562. The molecule has 0 aromatic heterocycles. The maximum atomic E-state index is 11.9. The predicted octanol–water partition coefficient (Wildman–Crippen LogP) is 3.97. The van der Waals surface area contributed by atoms with E-state index in [1.165, 1.54) is 12.8 Å². The van der Waals surface area contributed by atoms with Crippen LogP contribution in [-0.2, 0) is 11.2 Å². The Kier molecular flexibility index (Phi) is 5.26. The monoisotopic (exact) mass is 279 g/mol. The standard InChI is InChI=1S/C16H22ClNO/c1-12-5-4-7-14(11-12)18-16(19)10-9-13-6-2-3-8-15(13)17/h2-3,6,8,12,14H,4-5,7,9-11H2,1H3,(H,18,19)/t12-,14-/m0/s1. The summed E-state index contributed by atoms with van der Waals surface area (Å²) in [6.07, 6.45) is 6.02. The third-order valence-electron chi connectivity index (χ3n) is 3.88. The van der Waals surface area contributed by atoms with Crippen LogP contribution in [0.15, 0.2) is 24.3 Å². The fourth-order valence-corrected chi connectivity index (χ4v) is 3.04. The molecule has 0 spiro atoms. The average Bonchev–Trinajstić information content (AvgIpc) is 2.38. The molecule has 2 nitrogen and oxygen atoms in total. The van der Waals surface area contributed by atoms with Crippen molar-refractivity contribution in [3.8, 4) is 0 Å². The van der Waals surface area contributed by atoms with Gasteiger partial charge in [-0.3, -0.25) is 4.79 Å². The van der Waals surface area contributed by atoms with Gasteiger partial charge in [-0.25, -0.2) is 0 Å². The Morgan fingerprint density at radius 1 is 1.37 bits per heavy atom. The summed E-state index contributed by atoms with van der Waals surface area (Å²) in [7, 11) is 0. The number of hydrogen-bond acceptors (Lipinski definition) is 1. The van der Waals surface area contributed by atoms with Crippen molar-refractivity contribution in [2.75, 3.05) is 0 Å². The largest absolute Gasteiger partial charge is 0.353 e. The van der Waals surface area contributed by atoms with Gasteiger partial charge in [0.25, 0.3) is 0 Å². The van der Waals surface area contributed by atoms with Crippen molar-refractivity contribution in [3.05, 3.63) is 34.9 Å². The van der Waals surface area contributed by atoms with E-state index in [-0.39, 0.29) is 5.91 Å². The smallest absolute Gasteiger partial charge is 0.220 e. The fourth-order valence-electron chi connectivity index (χ4n) is 2.81. The quantitative estimate of drug-likeness (QED) is 0.888. The normalized spacial score (nSPS) is 23.1. The van der Waals surface area contributed by atoms with Crippen LogP contribution in [0.25, 0.3) is 0 Å². The van der Waals surface area contributed by atoms with Crippen molar-refractivity contribution in [1.29, 1.82) is 0 Å². The first-order chi connectivity index (χ1) is 9.15. The molecule has 2 atom stereocenters. The van der Waals surface area contributed by atoms with Crippen LogP contribution in [0.3, 0.4) is 0 Å². The van der Waals surface area contributed by atoms with E-state index in [1.807, 2.05) is 24.3 Å². The van der Waals surface area contributed by atoms with Crippen LogP contribution < -0.4 is 5.32 Å². The third-order valence-corrected chi connectivity index (χ3v) is 4.25. The Hall–Kier alpha value is -1.02. The number of halogens is 1. The summed E-state index contributed by atoms with van der Waals surface area (Å²) >= 11 is 6.09. The molecule has 19 heavy (non-hydrogen) atoms. The van der Waals surface area contributed by atoms with E-state index in [1.54, 1.807) is 0 Å². The first kappa shape index (κ1) is 14.4. The van der Waals surface area contributed by atoms with Crippen molar-refractivity contribution in [2.45, 2.75) is 51.5 Å². The van der Waals surface area contributed by atoms with Crippen LogP contribution >= 0.6 is 11.6 Å². The third kappa shape index (κ3) is 4.54. The Balaban J connectivity index is 1.77. The number of nitrogens with one attached hydrogen (secondary N) is 1. The summed E-state index contributed by atoms with van der Waals surface area (Å²) in [5, 5.41) is 3.91. The van der Waals surface area contributed by atoms with E-state index in [2.05, 4.69) is 12.2 Å². The van der Waals surface area contributed by atoms with Crippen molar-refractivity contribution in [3.63, 3.8) is 0 Å². The molecule has 1 aliphatic rings. The lowest BCUT2D eigenvalue weighted by Gasteiger charge is -2.27. The van der Waals surface area contributed by atoms with E-state index >= 15 is 0 Å². The molecule has 1 aromatic rings. The maximum absolute atomic E-state index is 11.9. The average molecular weight is 280 g/mol. The molecule has 0 heterocycles. The van der Waals surface area contributed by atoms with Crippen LogP contribution in [0.5, 0.6) is 0 Å². The van der Waals surface area contributed by atoms with E-state index in [0.29, 0.717) is 18.9 Å². The second-order valence-electron chi connectivity index (χ2n) is 5.63. The van der Waals surface area contributed by atoms with Gasteiger partial charge in [0.1, 0.15) is 0 Å². The van der Waals surface area contributed by atoms with Gasteiger partial charge < -0.3 is 5.32 Å². The van der Waals surface area contributed by atoms with E-state index in [0.717, 1.165) is 29.3 Å². The number of carbonyl (C=O) groups excluding carboxylic acids is 1. The lowest BCUT2D eigenvalue weighted by molar-refractivity contribution is -0.122. The molecule has 0 saturated heterocycles. The molecule has 1 amide bonds. The van der Waals surface area contributed by atoms with Crippen molar-refractivity contribution in [2.24, 2.45) is 5.92 Å². The molecule has 1 N–H and O–H groups in total. The zero-order valence-electron chi connectivity index (χ0n) is 11.5. The van der Waals surface area contributed by atoms with Gasteiger partial charge in [0.15, 0.2) is 0 Å². The van der Waals surface area contributed by atoms with Gasteiger partial charge >= 0.3 is 0 Å². The summed E-state index contributed by atoms with van der Waals surface area (Å²) in [4.78, 5) is 11.9. The SMILES string of the molecule is C[C@H]1CCC[C@H](NC(=O)CCc2ccccc2Cl)C1. The minimum atomic E-state index is 0.152. The van der Waals surface area contributed by atoms with Gasteiger partial charge in [-0.2, -0.15) is 0 Å². The molecule has 1 saturated carbocycles. The molecule has 0 unspecified atom stereocenters. The van der Waals surface area contributed by atoms with Gasteiger partial charge in [-0.1, -0.05) is 49.6 Å². The lowest BCUT2D eigenvalue weighted by Crippen LogP contribution is -2.38. The summed E-state index contributed by atoms with van der Waals surface area (Å²) in [6, 6.07) is 8.11. The Morgan fingerprint density at radius 3 is 2.89 bits per heavy atom. The Morgan fingerprint density at radius 2 is 2.16 bits per heavy atom.